The lowest BCUT2D eigenvalue weighted by Crippen LogP contribution is -2.26. The molecule has 1 atom stereocenters. The predicted molar refractivity (Wildman–Crippen MR) is 90.6 cm³/mol. The molecule has 1 saturated heterocycles. The largest absolute Gasteiger partial charge is 0.456 e. The highest BCUT2D eigenvalue weighted by molar-refractivity contribution is 8.14. The van der Waals surface area contributed by atoms with Crippen molar-refractivity contribution < 1.29 is 19.1 Å². The van der Waals surface area contributed by atoms with Gasteiger partial charge < -0.3 is 9.64 Å². The number of anilines is 1. The Kier molecular flexibility index (Phi) is 5.14. The van der Waals surface area contributed by atoms with Crippen molar-refractivity contribution in [2.45, 2.75) is 45.0 Å². The van der Waals surface area contributed by atoms with E-state index in [4.69, 9.17) is 4.74 Å². The summed E-state index contributed by atoms with van der Waals surface area (Å²) in [6, 6.07) is 6.84. The summed E-state index contributed by atoms with van der Waals surface area (Å²) in [6.07, 6.45) is 0.334. The van der Waals surface area contributed by atoms with Crippen LogP contribution in [0.5, 0.6) is 0 Å². The van der Waals surface area contributed by atoms with E-state index in [0.717, 1.165) is 0 Å². The van der Waals surface area contributed by atoms with Crippen LogP contribution >= 0.6 is 11.8 Å². The molecule has 5 nitrogen and oxygen atoms in total. The van der Waals surface area contributed by atoms with Crippen LogP contribution in [0.25, 0.3) is 0 Å². The summed E-state index contributed by atoms with van der Waals surface area (Å²) in [7, 11) is 0. The Morgan fingerprint density at radius 3 is 2.61 bits per heavy atom. The van der Waals surface area contributed by atoms with Gasteiger partial charge in [0.25, 0.3) is 0 Å². The second kappa shape index (κ2) is 6.74. The van der Waals surface area contributed by atoms with Crippen molar-refractivity contribution >= 4 is 34.4 Å². The second-order valence-corrected chi connectivity index (χ2v) is 7.97. The molecule has 23 heavy (non-hydrogen) atoms. The summed E-state index contributed by atoms with van der Waals surface area (Å²) in [5, 5.41) is -0.0302. The van der Waals surface area contributed by atoms with Crippen molar-refractivity contribution in [3.8, 4) is 0 Å². The van der Waals surface area contributed by atoms with Crippen LogP contribution in [-0.4, -0.2) is 34.4 Å². The Bertz CT molecular complexity index is 636. The number of amides is 1. The molecule has 2 rings (SSSR count). The molecule has 1 heterocycles. The molecule has 1 aliphatic heterocycles. The van der Waals surface area contributed by atoms with Crippen molar-refractivity contribution in [2.24, 2.45) is 0 Å². The van der Waals surface area contributed by atoms with Gasteiger partial charge in [-0.1, -0.05) is 17.8 Å². The summed E-state index contributed by atoms with van der Waals surface area (Å²) < 4.78 is 5.35. The molecule has 0 aliphatic carbocycles. The molecule has 0 aromatic heterocycles. The van der Waals surface area contributed by atoms with Gasteiger partial charge in [0.05, 0.1) is 5.56 Å². The van der Waals surface area contributed by atoms with E-state index in [-0.39, 0.29) is 16.3 Å². The molecule has 0 spiro atoms. The molecule has 1 aliphatic rings. The monoisotopic (exact) mass is 335 g/mol. The van der Waals surface area contributed by atoms with Gasteiger partial charge in [-0.05, 0) is 39.0 Å². The number of hydrogen-bond donors (Lipinski definition) is 0. The van der Waals surface area contributed by atoms with Gasteiger partial charge in [0.2, 0.25) is 5.91 Å². The Labute approximate surface area is 140 Å². The first-order valence-electron chi connectivity index (χ1n) is 7.47. The van der Waals surface area contributed by atoms with E-state index in [9.17, 15) is 14.4 Å². The first kappa shape index (κ1) is 17.5. The van der Waals surface area contributed by atoms with Crippen molar-refractivity contribution in [1.82, 2.24) is 0 Å². The van der Waals surface area contributed by atoms with Gasteiger partial charge in [0, 0.05) is 30.8 Å². The number of nitrogens with zero attached hydrogens (tertiary/aromatic N) is 1. The van der Waals surface area contributed by atoms with E-state index in [1.165, 1.54) is 18.7 Å². The van der Waals surface area contributed by atoms with Gasteiger partial charge in [-0.3, -0.25) is 9.59 Å². The maximum absolute atomic E-state index is 12.2. The Hall–Kier alpha value is -1.82. The van der Waals surface area contributed by atoms with Gasteiger partial charge in [-0.2, -0.15) is 0 Å². The number of esters is 1. The number of hydrogen-bond acceptors (Lipinski definition) is 5. The fourth-order valence-electron chi connectivity index (χ4n) is 2.38. The third-order valence-corrected chi connectivity index (χ3v) is 4.20. The van der Waals surface area contributed by atoms with Gasteiger partial charge in [0.15, 0.2) is 5.12 Å². The molecule has 1 amide bonds. The average Bonchev–Trinajstić information content (AvgIpc) is 2.77. The highest BCUT2D eigenvalue weighted by atomic mass is 32.2. The van der Waals surface area contributed by atoms with Gasteiger partial charge in [0.1, 0.15) is 5.60 Å². The Balaban J connectivity index is 2.15. The summed E-state index contributed by atoms with van der Waals surface area (Å²) >= 11 is 1.19. The summed E-state index contributed by atoms with van der Waals surface area (Å²) in [6.45, 7) is 7.40. The summed E-state index contributed by atoms with van der Waals surface area (Å²) in [4.78, 5) is 37.1. The van der Waals surface area contributed by atoms with Crippen LogP contribution in [0.3, 0.4) is 0 Å². The van der Waals surface area contributed by atoms with Gasteiger partial charge in [-0.15, -0.1) is 0 Å². The van der Waals surface area contributed by atoms with Crippen molar-refractivity contribution in [2.75, 3.05) is 11.4 Å². The topological polar surface area (TPSA) is 63.7 Å². The normalized spacial score (nSPS) is 18.2. The van der Waals surface area contributed by atoms with E-state index < -0.39 is 11.6 Å². The van der Waals surface area contributed by atoms with E-state index in [1.54, 1.807) is 29.2 Å². The molecule has 0 bridgehead atoms. The van der Waals surface area contributed by atoms with E-state index in [0.29, 0.717) is 24.2 Å². The predicted octanol–water partition coefficient (Wildman–Crippen LogP) is 3.03. The Morgan fingerprint density at radius 1 is 1.30 bits per heavy atom. The van der Waals surface area contributed by atoms with Gasteiger partial charge in [-0.25, -0.2) is 4.79 Å². The third-order valence-electron chi connectivity index (χ3n) is 3.21. The number of thioether (sulfide) groups is 1. The molecule has 0 N–H and O–H groups in total. The highest BCUT2D eigenvalue weighted by Gasteiger charge is 2.32. The van der Waals surface area contributed by atoms with Crippen molar-refractivity contribution in [3.63, 3.8) is 0 Å². The minimum Gasteiger partial charge on any atom is -0.456 e. The van der Waals surface area contributed by atoms with E-state index in [2.05, 4.69) is 0 Å². The Morgan fingerprint density at radius 2 is 2.00 bits per heavy atom. The lowest BCUT2D eigenvalue weighted by atomic mass is 10.1. The number of benzene rings is 1. The number of carbonyl (C=O) groups is 3. The maximum atomic E-state index is 12.2. The maximum Gasteiger partial charge on any atom is 0.338 e. The summed E-state index contributed by atoms with van der Waals surface area (Å²) in [5.74, 6) is -0.453. The zero-order valence-electron chi connectivity index (χ0n) is 13.8. The van der Waals surface area contributed by atoms with E-state index >= 15 is 0 Å². The SMILES string of the molecule is CC(=O)SC1CC(=O)N(c2cccc(C(=O)OC(C)(C)C)c2)C1. The molecule has 1 fully saturated rings. The van der Waals surface area contributed by atoms with Crippen molar-refractivity contribution in [3.05, 3.63) is 29.8 Å². The molecule has 1 aromatic rings. The fraction of sp³-hybridized carbons (Fsp3) is 0.471. The molecule has 1 unspecified atom stereocenters. The van der Waals surface area contributed by atoms with Gasteiger partial charge >= 0.3 is 5.97 Å². The summed E-state index contributed by atoms with van der Waals surface area (Å²) in [5.41, 5.74) is 0.498. The quantitative estimate of drug-likeness (QED) is 0.795. The second-order valence-electron chi connectivity index (χ2n) is 6.49. The fourth-order valence-corrected chi connectivity index (χ4v) is 3.29. The minimum atomic E-state index is -0.570. The zero-order valence-corrected chi connectivity index (χ0v) is 14.6. The number of ether oxygens (including phenoxy) is 1. The molecule has 0 saturated carbocycles. The first-order chi connectivity index (χ1) is 10.7. The minimum absolute atomic E-state index is 0.00663. The van der Waals surface area contributed by atoms with Crippen LogP contribution in [0.2, 0.25) is 0 Å². The van der Waals surface area contributed by atoms with Crippen LogP contribution in [0, 0.1) is 0 Å². The van der Waals surface area contributed by atoms with Crippen LogP contribution in [0.1, 0.15) is 44.5 Å². The highest BCUT2D eigenvalue weighted by Crippen LogP contribution is 2.29. The molecule has 0 radical (unpaired) electrons. The molecular weight excluding hydrogens is 314 g/mol. The zero-order chi connectivity index (χ0) is 17.2. The molecule has 6 heteroatoms. The van der Waals surface area contributed by atoms with Crippen LogP contribution in [0.15, 0.2) is 24.3 Å². The van der Waals surface area contributed by atoms with Crippen LogP contribution in [0.4, 0.5) is 5.69 Å². The molecule has 1 aromatic carbocycles. The van der Waals surface area contributed by atoms with Crippen LogP contribution < -0.4 is 4.90 Å². The third kappa shape index (κ3) is 4.82. The lowest BCUT2D eigenvalue weighted by Gasteiger charge is -2.21. The van der Waals surface area contributed by atoms with Crippen LogP contribution in [-0.2, 0) is 14.3 Å². The standard InChI is InChI=1S/C17H21NO4S/c1-11(19)23-14-9-15(20)18(10-14)13-7-5-6-12(8-13)16(21)22-17(2,3)4/h5-8,14H,9-10H2,1-4H3. The smallest absolute Gasteiger partial charge is 0.338 e. The van der Waals surface area contributed by atoms with E-state index in [1.807, 2.05) is 20.8 Å². The lowest BCUT2D eigenvalue weighted by molar-refractivity contribution is -0.117. The first-order valence-corrected chi connectivity index (χ1v) is 8.34. The van der Waals surface area contributed by atoms with Crippen molar-refractivity contribution in [1.29, 1.82) is 0 Å². The number of carbonyl (C=O) groups excluding carboxylic acids is 3. The molecule has 124 valence electrons. The average molecular weight is 335 g/mol. The molecular formula is C17H21NO4S. The number of rotatable bonds is 3.